The van der Waals surface area contributed by atoms with Crippen molar-refractivity contribution in [1.29, 1.82) is 0 Å². The lowest BCUT2D eigenvalue weighted by molar-refractivity contribution is -0.160. The Hall–Kier alpha value is -6.50. The number of Topliss-reactive ketones (excluding diaryl/α,β-unsaturated/α-hetero) is 1. The highest BCUT2D eigenvalue weighted by Gasteiger charge is 2.50. The molecular formula is C53H65N3O15. The molecule has 382 valence electrons. The van der Waals surface area contributed by atoms with Crippen LogP contribution >= 0.6 is 0 Å². The number of aromatic nitrogens is 1. The number of ketones is 1. The molecule has 18 nitrogen and oxygen atoms in total. The molecule has 0 saturated carbocycles. The van der Waals surface area contributed by atoms with Crippen LogP contribution in [0.3, 0.4) is 0 Å². The number of phenolic OH excluding ortho intramolecular Hbond substituents is 1. The number of ether oxygens (including phenoxy) is 6. The highest BCUT2D eigenvalue weighted by molar-refractivity contribution is 6.26. The predicted molar refractivity (Wildman–Crippen MR) is 263 cm³/mol. The zero-order chi connectivity index (χ0) is 52.0. The molecule has 7 rings (SSSR count). The summed E-state index contributed by atoms with van der Waals surface area (Å²) in [7, 11) is 1.44. The molecule has 4 bridgehead atoms. The third kappa shape index (κ3) is 10.5. The van der Waals surface area contributed by atoms with Crippen molar-refractivity contribution >= 4 is 62.4 Å². The van der Waals surface area contributed by atoms with Gasteiger partial charge in [0.1, 0.15) is 46.0 Å². The van der Waals surface area contributed by atoms with Crippen LogP contribution in [-0.2, 0) is 28.5 Å². The summed E-state index contributed by atoms with van der Waals surface area (Å²) in [5.74, 6) is -7.06. The molecule has 3 aromatic carbocycles. The summed E-state index contributed by atoms with van der Waals surface area (Å²) in [5, 5.41) is 37.6. The average Bonchev–Trinajstić information content (AvgIpc) is 3.58. The molecule has 3 aliphatic heterocycles. The molecule has 9 atom stereocenters. The number of aliphatic hydroxyl groups excluding tert-OH is 2. The molecule has 1 fully saturated rings. The van der Waals surface area contributed by atoms with Crippen molar-refractivity contribution in [2.75, 3.05) is 25.5 Å². The Labute approximate surface area is 411 Å². The Kier molecular flexibility index (Phi) is 15.0. The van der Waals surface area contributed by atoms with Crippen molar-refractivity contribution in [2.45, 2.75) is 131 Å². The van der Waals surface area contributed by atoms with Crippen LogP contribution in [0.2, 0.25) is 0 Å². The number of aromatic hydroxyl groups is 1. The molecule has 3 aliphatic rings. The van der Waals surface area contributed by atoms with Crippen molar-refractivity contribution in [3.63, 3.8) is 0 Å². The van der Waals surface area contributed by atoms with E-state index in [0.29, 0.717) is 31.7 Å². The van der Waals surface area contributed by atoms with Crippen LogP contribution in [0.15, 0.2) is 63.6 Å². The molecule has 4 heterocycles. The molecule has 0 radical (unpaired) electrons. The zero-order valence-corrected chi connectivity index (χ0v) is 42.3. The topological polar surface area (TPSA) is 243 Å². The number of amides is 2. The lowest BCUT2D eigenvalue weighted by atomic mass is 9.78. The monoisotopic (exact) mass is 983 g/mol. The fourth-order valence-electron chi connectivity index (χ4n) is 9.53. The average molecular weight is 984 g/mol. The van der Waals surface area contributed by atoms with Crippen LogP contribution in [0.5, 0.6) is 17.2 Å². The number of esters is 1. The summed E-state index contributed by atoms with van der Waals surface area (Å²) in [5.41, 5.74) is -1.43. The lowest BCUT2D eigenvalue weighted by Crippen LogP contribution is -2.46. The number of hydrogen-bond acceptors (Lipinski definition) is 16. The Morgan fingerprint density at radius 3 is 2.30 bits per heavy atom. The van der Waals surface area contributed by atoms with Crippen LogP contribution in [0.1, 0.15) is 98.0 Å². The Morgan fingerprint density at radius 2 is 1.65 bits per heavy atom. The maximum atomic E-state index is 14.8. The number of carbonyl (C=O) groups is 4. The van der Waals surface area contributed by atoms with Gasteiger partial charge in [-0.2, -0.15) is 0 Å². The molecule has 0 aliphatic carbocycles. The summed E-state index contributed by atoms with van der Waals surface area (Å²) in [6.07, 6.45) is 3.89. The smallest absolute Gasteiger partial charge is 0.410 e. The Morgan fingerprint density at radius 1 is 0.958 bits per heavy atom. The molecule has 1 saturated heterocycles. The van der Waals surface area contributed by atoms with Gasteiger partial charge < -0.3 is 58.4 Å². The number of carbonyl (C=O) groups excluding carboxylic acids is 4. The minimum absolute atomic E-state index is 0.0297. The van der Waals surface area contributed by atoms with Crippen LogP contribution < -0.4 is 20.2 Å². The number of benzene rings is 3. The molecule has 18 heteroatoms. The molecule has 4 N–H and O–H groups in total. The molecule has 0 spiro atoms. The van der Waals surface area contributed by atoms with Gasteiger partial charge in [0.2, 0.25) is 0 Å². The third-order valence-corrected chi connectivity index (χ3v) is 13.7. The second kappa shape index (κ2) is 20.3. The van der Waals surface area contributed by atoms with Crippen LogP contribution in [-0.4, -0.2) is 111 Å². The molecule has 4 aromatic rings. The molecule has 1 aromatic heterocycles. The van der Waals surface area contributed by atoms with E-state index in [2.05, 4.69) is 5.32 Å². The van der Waals surface area contributed by atoms with Crippen molar-refractivity contribution < 1.29 is 67.3 Å². The van der Waals surface area contributed by atoms with Gasteiger partial charge in [0.15, 0.2) is 22.3 Å². The number of phenols is 1. The number of piperidine rings is 1. The standard InChI is InChI=1S/C53H65N3O15/c1-25-14-13-15-26(2)50(63)55-41-45(61)38-37(40-48(41)69-36-24-33(16-17-34(36)54-40)68-32-18-21-56(22-19-32)51(64)71-52(8,9)10)39-47(30(6)44(38)60)70-53(11,49(39)62)66-23-20-35(65-12)27(3)46(67-31(7)57)29(5)43(59)28(4)42(25)58/h13-17,20,23-25,27-29,32,35,42-43,46,58-59,61H,18-19,21-22H2,1-12H3,(H,55,63)/b14-13+,23-20+,26-15-/t25-,27+,28+,29+,35-,42-,43+,46+,53-/m0/s1. The van der Waals surface area contributed by atoms with E-state index >= 15 is 0 Å². The van der Waals surface area contributed by atoms with E-state index < -0.39 is 94.4 Å². The SMILES string of the molecule is CO[C@H]1/C=C/O[C@@]2(C)Oc3c(C)c(=O)c4c(O)c(c5oc6cc(OC7CCN(C(=O)OC(C)(C)C)CC7)ccc6nc5c4c3C2=O)NC(=O)/C(C)=C\C=C\[C@H](C)[C@H](O)[C@@H](C)[C@@H](O)[C@@H](C)[C@H](OC(C)=O)[C@@H]1C. The first-order valence-corrected chi connectivity index (χ1v) is 23.9. The van der Waals surface area contributed by atoms with Crippen molar-refractivity contribution in [2.24, 2.45) is 23.7 Å². The van der Waals surface area contributed by atoms with E-state index in [0.717, 1.165) is 0 Å². The number of nitrogens with one attached hydrogen (secondary N) is 1. The van der Waals surface area contributed by atoms with E-state index in [1.807, 2.05) is 20.8 Å². The second-order valence-corrected chi connectivity index (χ2v) is 20.1. The summed E-state index contributed by atoms with van der Waals surface area (Å²) in [4.78, 5) is 75.0. The van der Waals surface area contributed by atoms with Crippen molar-refractivity contribution in [3.8, 4) is 17.2 Å². The number of likely N-dealkylation sites (tertiary alicyclic amines) is 1. The maximum Gasteiger partial charge on any atom is 0.410 e. The van der Waals surface area contributed by atoms with E-state index in [1.54, 1.807) is 62.9 Å². The van der Waals surface area contributed by atoms with E-state index in [4.69, 9.17) is 37.8 Å². The number of hydrogen-bond donors (Lipinski definition) is 4. The lowest BCUT2D eigenvalue weighted by Gasteiger charge is -2.38. The van der Waals surface area contributed by atoms with Gasteiger partial charge >= 0.3 is 17.8 Å². The fraction of sp³-hybridized carbons (Fsp3) is 0.509. The van der Waals surface area contributed by atoms with Gasteiger partial charge in [-0.3, -0.25) is 19.2 Å². The van der Waals surface area contributed by atoms with Crippen LogP contribution in [0.25, 0.3) is 33.0 Å². The first-order valence-electron chi connectivity index (χ1n) is 23.9. The largest absolute Gasteiger partial charge is 0.505 e. The third-order valence-electron chi connectivity index (χ3n) is 13.7. The Bertz CT molecular complexity index is 2910. The van der Waals surface area contributed by atoms with Gasteiger partial charge in [-0.05, 0) is 52.8 Å². The van der Waals surface area contributed by atoms with Gasteiger partial charge in [0.25, 0.3) is 11.7 Å². The van der Waals surface area contributed by atoms with Gasteiger partial charge in [-0.1, -0.05) is 45.9 Å². The molecule has 71 heavy (non-hydrogen) atoms. The van der Waals surface area contributed by atoms with Crippen LogP contribution in [0.4, 0.5) is 10.5 Å². The normalized spacial score (nSPS) is 28.8. The first kappa shape index (κ1) is 52.3. The highest BCUT2D eigenvalue weighted by Crippen LogP contribution is 2.48. The van der Waals surface area contributed by atoms with Gasteiger partial charge in [-0.25, -0.2) is 9.78 Å². The van der Waals surface area contributed by atoms with E-state index in [-0.39, 0.29) is 67.2 Å². The highest BCUT2D eigenvalue weighted by atomic mass is 16.7. The number of methoxy groups -OCH3 is 1. The van der Waals surface area contributed by atoms with Gasteiger partial charge in [-0.15, -0.1) is 0 Å². The zero-order valence-electron chi connectivity index (χ0n) is 42.3. The summed E-state index contributed by atoms with van der Waals surface area (Å²) in [6.45, 7) is 18.8. The fourth-order valence-corrected chi connectivity index (χ4v) is 9.53. The summed E-state index contributed by atoms with van der Waals surface area (Å²) < 4.78 is 42.3. The number of aliphatic hydroxyl groups is 2. The minimum Gasteiger partial charge on any atom is -0.505 e. The van der Waals surface area contributed by atoms with Gasteiger partial charge in [0.05, 0.1) is 35.5 Å². The molecular weight excluding hydrogens is 919 g/mol. The number of rotatable bonds is 4. The summed E-state index contributed by atoms with van der Waals surface area (Å²) in [6, 6.07) is 4.94. The number of fused-ring (bicyclic) bond motifs is 2. The van der Waals surface area contributed by atoms with E-state index in [1.165, 1.54) is 53.2 Å². The molecule has 0 unspecified atom stereocenters. The van der Waals surface area contributed by atoms with Crippen molar-refractivity contribution in [1.82, 2.24) is 9.88 Å². The van der Waals surface area contributed by atoms with Crippen molar-refractivity contribution in [3.05, 3.63) is 75.7 Å². The second-order valence-electron chi connectivity index (χ2n) is 20.1. The maximum absolute atomic E-state index is 14.8. The number of nitrogens with zero attached hydrogens (tertiary/aromatic N) is 2. The quantitative estimate of drug-likeness (QED) is 0.0660. The first-order chi connectivity index (χ1) is 33.3. The van der Waals surface area contributed by atoms with Crippen LogP contribution in [0, 0.1) is 30.6 Å². The number of anilines is 1. The summed E-state index contributed by atoms with van der Waals surface area (Å²) >= 11 is 0. The molecule has 2 amide bonds. The van der Waals surface area contributed by atoms with E-state index in [9.17, 15) is 39.3 Å². The minimum atomic E-state index is -2.08. The predicted octanol–water partition coefficient (Wildman–Crippen LogP) is 7.78. The number of allylic oxidation sites excluding steroid dienone is 2. The van der Waals surface area contributed by atoms with Gasteiger partial charge in [0, 0.05) is 93.1 Å². The Balaban J connectivity index is 1.36.